The number of alkyl carbamates (subject to hydrolysis) is 1. The predicted octanol–water partition coefficient (Wildman–Crippen LogP) is 3.55. The van der Waals surface area contributed by atoms with Crippen LogP contribution < -0.4 is 20.4 Å². The number of carbonyl (C=O) groups is 2. The third-order valence-electron chi connectivity index (χ3n) is 9.22. The third kappa shape index (κ3) is 6.75. The second-order valence-corrected chi connectivity index (χ2v) is 12.1. The van der Waals surface area contributed by atoms with E-state index in [1.807, 2.05) is 54.6 Å². The number of nitrogens with one attached hydrogen (secondary N) is 2. The lowest BCUT2D eigenvalue weighted by atomic mass is 9.98. The summed E-state index contributed by atoms with van der Waals surface area (Å²) in [6.45, 7) is 4.89. The highest BCUT2D eigenvalue weighted by molar-refractivity contribution is 5.86. The second kappa shape index (κ2) is 14.3. The number of ether oxygens (including phenoxy) is 2. The number of piperazine rings is 1. The standard InChI is InChI=1S/C36H40N8O4/c1-37-33-39-34(41-35(40-33)44-19-21-47-22-20-44)43-17-15-42(16-18-43)32(45)31(23-25-9-3-2-4-10-25)38-36(46)48-24-30-28-13-7-5-11-26(28)27-12-6-8-14-29(27)30/h2-14,30-31H,15-24H2,1H3,(H,38,46)(H,37,39,40,41). The molecule has 1 aliphatic carbocycles. The lowest BCUT2D eigenvalue weighted by Crippen LogP contribution is -2.56. The lowest BCUT2D eigenvalue weighted by molar-refractivity contribution is -0.133. The van der Waals surface area contributed by atoms with E-state index in [-0.39, 0.29) is 18.4 Å². The SMILES string of the molecule is CNc1nc(N2CCOCC2)nc(N2CCN(C(=O)C(Cc3ccccc3)NC(=O)OCC3c4ccccc4-c4ccccc43)CC2)n1. The quantitative estimate of drug-likeness (QED) is 0.279. The molecule has 1 atom stereocenters. The molecule has 3 heterocycles. The van der Waals surface area contributed by atoms with E-state index in [0.717, 1.165) is 27.8 Å². The topological polar surface area (TPSA) is 125 Å². The number of fused-ring (bicyclic) bond motifs is 3. The molecular formula is C36H40N8O4. The molecule has 12 nitrogen and oxygen atoms in total. The average molecular weight is 649 g/mol. The Morgan fingerprint density at radius 1 is 0.792 bits per heavy atom. The van der Waals surface area contributed by atoms with Crippen LogP contribution in [-0.4, -0.2) is 104 Å². The molecule has 1 unspecified atom stereocenters. The molecular weight excluding hydrogens is 608 g/mol. The van der Waals surface area contributed by atoms with Crippen LogP contribution in [0.15, 0.2) is 78.9 Å². The van der Waals surface area contributed by atoms with E-state index < -0.39 is 12.1 Å². The molecule has 0 radical (unpaired) electrons. The number of morpholine rings is 1. The van der Waals surface area contributed by atoms with Crippen LogP contribution in [0.25, 0.3) is 11.1 Å². The van der Waals surface area contributed by atoms with Gasteiger partial charge in [-0.15, -0.1) is 0 Å². The van der Waals surface area contributed by atoms with Gasteiger partial charge in [-0.3, -0.25) is 4.79 Å². The first kappa shape index (κ1) is 31.4. The maximum Gasteiger partial charge on any atom is 0.407 e. The molecule has 2 N–H and O–H groups in total. The van der Waals surface area contributed by atoms with Gasteiger partial charge in [-0.25, -0.2) is 4.79 Å². The zero-order valence-corrected chi connectivity index (χ0v) is 27.0. The van der Waals surface area contributed by atoms with E-state index in [2.05, 4.69) is 54.7 Å². The van der Waals surface area contributed by atoms with Crippen LogP contribution in [0, 0.1) is 0 Å². The van der Waals surface area contributed by atoms with Crippen LogP contribution in [0.2, 0.25) is 0 Å². The maximum absolute atomic E-state index is 14.0. The summed E-state index contributed by atoms with van der Waals surface area (Å²) in [7, 11) is 1.79. The summed E-state index contributed by atoms with van der Waals surface area (Å²) in [5.74, 6) is 1.46. The Morgan fingerprint density at radius 3 is 2.00 bits per heavy atom. The highest BCUT2D eigenvalue weighted by Crippen LogP contribution is 2.44. The number of benzene rings is 3. The normalized spacial score (nSPS) is 16.6. The number of hydrogen-bond donors (Lipinski definition) is 2. The van der Waals surface area contributed by atoms with Crippen molar-refractivity contribution in [2.45, 2.75) is 18.4 Å². The molecule has 12 heteroatoms. The summed E-state index contributed by atoms with van der Waals surface area (Å²) in [6.07, 6.45) is -0.253. The van der Waals surface area contributed by atoms with Gasteiger partial charge in [0.05, 0.1) is 13.2 Å². The van der Waals surface area contributed by atoms with Crippen molar-refractivity contribution in [2.24, 2.45) is 0 Å². The van der Waals surface area contributed by atoms with Crippen molar-refractivity contribution in [1.82, 2.24) is 25.2 Å². The molecule has 0 spiro atoms. The van der Waals surface area contributed by atoms with Gasteiger partial charge in [0.1, 0.15) is 12.6 Å². The molecule has 3 aromatic carbocycles. The molecule has 4 aromatic rings. The number of nitrogens with zero attached hydrogens (tertiary/aromatic N) is 6. The van der Waals surface area contributed by atoms with Crippen LogP contribution in [0.1, 0.15) is 22.6 Å². The Bertz CT molecular complexity index is 1700. The van der Waals surface area contributed by atoms with Gasteiger partial charge in [-0.1, -0.05) is 78.9 Å². The van der Waals surface area contributed by atoms with Crippen molar-refractivity contribution >= 4 is 29.8 Å². The maximum atomic E-state index is 14.0. The molecule has 3 aliphatic rings. The molecule has 2 aliphatic heterocycles. The summed E-state index contributed by atoms with van der Waals surface area (Å²) < 4.78 is 11.3. The minimum absolute atomic E-state index is 0.0675. The zero-order valence-electron chi connectivity index (χ0n) is 27.0. The minimum atomic E-state index is -0.782. The number of carbonyl (C=O) groups excluding carboxylic acids is 2. The van der Waals surface area contributed by atoms with E-state index >= 15 is 0 Å². The molecule has 2 fully saturated rings. The second-order valence-electron chi connectivity index (χ2n) is 12.1. The van der Waals surface area contributed by atoms with Gasteiger partial charge in [-0.2, -0.15) is 15.0 Å². The first-order valence-electron chi connectivity index (χ1n) is 16.5. The fourth-order valence-electron chi connectivity index (χ4n) is 6.69. The molecule has 2 saturated heterocycles. The van der Waals surface area contributed by atoms with Gasteiger partial charge >= 0.3 is 6.09 Å². The summed E-state index contributed by atoms with van der Waals surface area (Å²) >= 11 is 0. The lowest BCUT2D eigenvalue weighted by Gasteiger charge is -2.37. The number of aromatic nitrogens is 3. The predicted molar refractivity (Wildman–Crippen MR) is 183 cm³/mol. The van der Waals surface area contributed by atoms with Gasteiger partial charge in [-0.05, 0) is 27.8 Å². The van der Waals surface area contributed by atoms with Crippen LogP contribution in [0.4, 0.5) is 22.6 Å². The zero-order chi connectivity index (χ0) is 32.9. The Balaban J connectivity index is 1.02. The van der Waals surface area contributed by atoms with Crippen LogP contribution >= 0.6 is 0 Å². The van der Waals surface area contributed by atoms with Gasteiger partial charge < -0.3 is 34.8 Å². The third-order valence-corrected chi connectivity index (χ3v) is 9.22. The van der Waals surface area contributed by atoms with Gasteiger partial charge in [0.15, 0.2) is 0 Å². The summed E-state index contributed by atoms with van der Waals surface area (Å²) in [5.41, 5.74) is 5.55. The Morgan fingerprint density at radius 2 is 1.38 bits per heavy atom. The van der Waals surface area contributed by atoms with Crippen LogP contribution in [0.5, 0.6) is 0 Å². The fraction of sp³-hybridized carbons (Fsp3) is 0.361. The highest BCUT2D eigenvalue weighted by atomic mass is 16.5. The molecule has 2 amide bonds. The number of hydrogen-bond acceptors (Lipinski definition) is 10. The molecule has 0 saturated carbocycles. The van der Waals surface area contributed by atoms with Gasteiger partial charge in [0.2, 0.25) is 23.8 Å². The van der Waals surface area contributed by atoms with Crippen molar-refractivity contribution in [1.29, 1.82) is 0 Å². The van der Waals surface area contributed by atoms with Crippen molar-refractivity contribution < 1.29 is 19.1 Å². The van der Waals surface area contributed by atoms with Crippen LogP contribution in [-0.2, 0) is 20.7 Å². The van der Waals surface area contributed by atoms with E-state index in [4.69, 9.17) is 14.5 Å². The Hall–Kier alpha value is -5.23. The van der Waals surface area contributed by atoms with Crippen molar-refractivity contribution in [2.75, 3.05) is 81.3 Å². The first-order valence-corrected chi connectivity index (χ1v) is 16.5. The summed E-state index contributed by atoms with van der Waals surface area (Å²) in [4.78, 5) is 47.2. The van der Waals surface area contributed by atoms with Crippen molar-refractivity contribution in [3.05, 3.63) is 95.6 Å². The first-order chi connectivity index (χ1) is 23.6. The van der Waals surface area contributed by atoms with Crippen molar-refractivity contribution in [3.63, 3.8) is 0 Å². The van der Waals surface area contributed by atoms with E-state index in [1.54, 1.807) is 11.9 Å². The minimum Gasteiger partial charge on any atom is -0.449 e. The van der Waals surface area contributed by atoms with Crippen LogP contribution in [0.3, 0.4) is 0 Å². The Labute approximate surface area is 280 Å². The number of rotatable bonds is 9. The monoisotopic (exact) mass is 648 g/mol. The van der Waals surface area contributed by atoms with Gasteiger partial charge in [0, 0.05) is 58.7 Å². The summed E-state index contributed by atoms with van der Waals surface area (Å²) in [6, 6.07) is 25.4. The van der Waals surface area contributed by atoms with Gasteiger partial charge in [0.25, 0.3) is 0 Å². The highest BCUT2D eigenvalue weighted by Gasteiger charge is 2.32. The van der Waals surface area contributed by atoms with E-state index in [0.29, 0.717) is 76.7 Å². The van der Waals surface area contributed by atoms with E-state index in [1.165, 1.54) is 0 Å². The fourth-order valence-corrected chi connectivity index (χ4v) is 6.69. The molecule has 7 rings (SSSR count). The van der Waals surface area contributed by atoms with E-state index in [9.17, 15) is 9.59 Å². The molecule has 1 aromatic heterocycles. The largest absolute Gasteiger partial charge is 0.449 e. The average Bonchev–Trinajstić information content (AvgIpc) is 3.47. The molecule has 0 bridgehead atoms. The smallest absolute Gasteiger partial charge is 0.407 e. The molecule has 248 valence electrons. The number of amides is 2. The number of anilines is 3. The molecule has 48 heavy (non-hydrogen) atoms. The van der Waals surface area contributed by atoms with Crippen molar-refractivity contribution in [3.8, 4) is 11.1 Å². The summed E-state index contributed by atoms with van der Waals surface area (Å²) in [5, 5.41) is 5.96. The Kier molecular flexibility index (Phi) is 9.32.